The molecule has 0 aliphatic heterocycles. The van der Waals surface area contributed by atoms with E-state index in [9.17, 15) is 17.6 Å². The highest BCUT2D eigenvalue weighted by Gasteiger charge is 2.22. The molecular weight excluding hydrogens is 225 g/mol. The number of aromatic carboxylic acids is 1. The fraction of sp³-hybridized carbons (Fsp3) is 0.250. The van der Waals surface area contributed by atoms with Crippen molar-refractivity contribution >= 4 is 15.8 Å². The molecule has 1 aromatic heterocycles. The third-order valence-electron chi connectivity index (χ3n) is 1.74. The van der Waals surface area contributed by atoms with Gasteiger partial charge < -0.3 is 5.11 Å². The van der Waals surface area contributed by atoms with E-state index in [4.69, 9.17) is 5.11 Å². The lowest BCUT2D eigenvalue weighted by Crippen LogP contribution is -2.13. The molecule has 0 atom stereocenters. The fourth-order valence-corrected chi connectivity index (χ4v) is 2.01. The molecule has 0 fully saturated rings. The largest absolute Gasteiger partial charge is 0.476 e. The minimum atomic E-state index is -3.78. The molecule has 0 aromatic carbocycles. The van der Waals surface area contributed by atoms with E-state index in [0.29, 0.717) is 12.3 Å². The van der Waals surface area contributed by atoms with Gasteiger partial charge >= 0.3 is 5.97 Å². The van der Waals surface area contributed by atoms with Crippen LogP contribution in [0.25, 0.3) is 0 Å². The number of hydrogen-bond donors (Lipinski definition) is 1. The van der Waals surface area contributed by atoms with E-state index < -0.39 is 32.2 Å². The average molecular weight is 233 g/mol. The second-order valence-electron chi connectivity index (χ2n) is 2.71. The van der Waals surface area contributed by atoms with Gasteiger partial charge in [0.2, 0.25) is 0 Å². The highest BCUT2D eigenvalue weighted by Crippen LogP contribution is 2.16. The molecule has 0 saturated heterocycles. The van der Waals surface area contributed by atoms with Gasteiger partial charge in [-0.15, -0.1) is 0 Å². The number of sulfone groups is 1. The van der Waals surface area contributed by atoms with Gasteiger partial charge in [0.15, 0.2) is 15.5 Å². The van der Waals surface area contributed by atoms with Crippen molar-refractivity contribution < 1.29 is 22.7 Å². The monoisotopic (exact) mass is 233 g/mol. The van der Waals surface area contributed by atoms with Gasteiger partial charge in [-0.05, 0) is 6.07 Å². The average Bonchev–Trinajstić information content (AvgIpc) is 2.17. The molecule has 82 valence electrons. The van der Waals surface area contributed by atoms with Gasteiger partial charge in [0.25, 0.3) is 0 Å². The van der Waals surface area contributed by atoms with Gasteiger partial charge in [0.1, 0.15) is 10.7 Å². The molecule has 5 nitrogen and oxygen atoms in total. The van der Waals surface area contributed by atoms with E-state index >= 15 is 0 Å². The molecule has 1 rings (SSSR count). The normalized spacial score (nSPS) is 11.3. The van der Waals surface area contributed by atoms with Gasteiger partial charge in [-0.1, -0.05) is 6.92 Å². The van der Waals surface area contributed by atoms with Gasteiger partial charge in [-0.3, -0.25) is 0 Å². The molecule has 0 aliphatic carbocycles. The number of aromatic nitrogens is 1. The van der Waals surface area contributed by atoms with E-state index in [1.165, 1.54) is 6.92 Å². The highest BCUT2D eigenvalue weighted by molar-refractivity contribution is 7.91. The first-order valence-corrected chi connectivity index (χ1v) is 5.65. The van der Waals surface area contributed by atoms with Crippen molar-refractivity contribution in [2.45, 2.75) is 11.8 Å². The maximum atomic E-state index is 12.8. The van der Waals surface area contributed by atoms with Crippen LogP contribution >= 0.6 is 0 Å². The van der Waals surface area contributed by atoms with Crippen LogP contribution in [0.1, 0.15) is 17.4 Å². The van der Waals surface area contributed by atoms with E-state index in [0.717, 1.165) is 0 Å². The summed E-state index contributed by atoms with van der Waals surface area (Å²) in [7, 11) is -3.78. The lowest BCUT2D eigenvalue weighted by Gasteiger charge is -2.04. The Kier molecular flexibility index (Phi) is 3.04. The predicted octanol–water partition coefficient (Wildman–Crippen LogP) is 0.713. The van der Waals surface area contributed by atoms with Crippen molar-refractivity contribution in [1.29, 1.82) is 0 Å². The van der Waals surface area contributed by atoms with E-state index in [-0.39, 0.29) is 5.75 Å². The molecule has 7 heteroatoms. The number of halogens is 1. The zero-order valence-electron chi connectivity index (χ0n) is 7.77. The molecule has 0 unspecified atom stereocenters. The Hall–Kier alpha value is -1.50. The Morgan fingerprint density at radius 2 is 2.20 bits per heavy atom. The zero-order valence-corrected chi connectivity index (χ0v) is 8.58. The standard InChI is InChI=1S/C8H8FNO4S/c1-2-15(13,14)6-3-5(9)4-10-7(6)8(11)12/h3-4H,2H2,1H3,(H,11,12). The summed E-state index contributed by atoms with van der Waals surface area (Å²) in [6.07, 6.45) is 0.665. The summed E-state index contributed by atoms with van der Waals surface area (Å²) in [5, 5.41) is 8.67. The minimum absolute atomic E-state index is 0.307. The summed E-state index contributed by atoms with van der Waals surface area (Å²) in [5.74, 6) is -2.69. The molecule has 15 heavy (non-hydrogen) atoms. The van der Waals surface area contributed by atoms with Crippen LogP contribution < -0.4 is 0 Å². The fourth-order valence-electron chi connectivity index (χ4n) is 0.974. The maximum absolute atomic E-state index is 12.8. The van der Waals surface area contributed by atoms with Crippen LogP contribution in [0.2, 0.25) is 0 Å². The van der Waals surface area contributed by atoms with E-state index in [1.807, 2.05) is 0 Å². The van der Waals surface area contributed by atoms with E-state index in [2.05, 4.69) is 4.98 Å². The van der Waals surface area contributed by atoms with E-state index in [1.54, 1.807) is 0 Å². The molecule has 1 aromatic rings. The molecule has 0 radical (unpaired) electrons. The quantitative estimate of drug-likeness (QED) is 0.831. The lowest BCUT2D eigenvalue weighted by atomic mass is 10.3. The molecule has 0 bridgehead atoms. The number of carboxylic acid groups (broad SMARTS) is 1. The molecule has 1 heterocycles. The number of pyridine rings is 1. The number of nitrogens with zero attached hydrogens (tertiary/aromatic N) is 1. The first-order valence-electron chi connectivity index (χ1n) is 4.00. The first kappa shape index (κ1) is 11.6. The van der Waals surface area contributed by atoms with Crippen LogP contribution in [-0.4, -0.2) is 30.2 Å². The van der Waals surface area contributed by atoms with Crippen LogP contribution in [-0.2, 0) is 9.84 Å². The Bertz CT molecular complexity index is 497. The Morgan fingerprint density at radius 3 is 2.67 bits per heavy atom. The Labute approximate surface area is 85.5 Å². The van der Waals surface area contributed by atoms with Crippen molar-refractivity contribution in [2.24, 2.45) is 0 Å². The van der Waals surface area contributed by atoms with Crippen LogP contribution in [0.15, 0.2) is 17.2 Å². The van der Waals surface area contributed by atoms with Gasteiger partial charge in [0.05, 0.1) is 11.9 Å². The summed E-state index contributed by atoms with van der Waals surface area (Å²) in [6.45, 7) is 1.34. The van der Waals surface area contributed by atoms with Crippen molar-refractivity contribution in [1.82, 2.24) is 4.98 Å². The Morgan fingerprint density at radius 1 is 1.60 bits per heavy atom. The number of carboxylic acids is 1. The first-order chi connectivity index (χ1) is 6.88. The summed E-state index contributed by atoms with van der Waals surface area (Å²) >= 11 is 0. The maximum Gasteiger partial charge on any atom is 0.355 e. The lowest BCUT2D eigenvalue weighted by molar-refractivity contribution is 0.0685. The summed E-state index contributed by atoms with van der Waals surface area (Å²) in [6, 6.07) is 0.662. The van der Waals surface area contributed by atoms with Crippen molar-refractivity contribution in [3.63, 3.8) is 0 Å². The highest BCUT2D eigenvalue weighted by atomic mass is 32.2. The topological polar surface area (TPSA) is 84.3 Å². The number of rotatable bonds is 3. The predicted molar refractivity (Wildman–Crippen MR) is 48.9 cm³/mol. The summed E-state index contributed by atoms with van der Waals surface area (Å²) < 4.78 is 35.6. The van der Waals surface area contributed by atoms with Gasteiger partial charge in [0, 0.05) is 0 Å². The molecule has 1 N–H and O–H groups in total. The smallest absolute Gasteiger partial charge is 0.355 e. The minimum Gasteiger partial charge on any atom is -0.476 e. The number of carbonyl (C=O) groups is 1. The van der Waals surface area contributed by atoms with Crippen LogP contribution in [0.4, 0.5) is 4.39 Å². The second kappa shape index (κ2) is 3.93. The molecule has 0 spiro atoms. The van der Waals surface area contributed by atoms with Crippen molar-refractivity contribution in [2.75, 3.05) is 5.75 Å². The third-order valence-corrected chi connectivity index (χ3v) is 3.48. The number of hydrogen-bond acceptors (Lipinski definition) is 4. The van der Waals surface area contributed by atoms with Crippen LogP contribution in [0.3, 0.4) is 0 Å². The SMILES string of the molecule is CCS(=O)(=O)c1cc(F)cnc1C(=O)O. The summed E-state index contributed by atoms with van der Waals surface area (Å²) in [4.78, 5) is 13.3. The molecule has 0 aliphatic rings. The molecule has 0 amide bonds. The third kappa shape index (κ3) is 2.30. The molecule has 0 saturated carbocycles. The van der Waals surface area contributed by atoms with Crippen molar-refractivity contribution in [3.8, 4) is 0 Å². The summed E-state index contributed by atoms with van der Waals surface area (Å²) in [5.41, 5.74) is -0.654. The molecular formula is C8H8FNO4S. The van der Waals surface area contributed by atoms with Gasteiger partial charge in [-0.25, -0.2) is 22.6 Å². The Balaban J connectivity index is 3.51. The zero-order chi connectivity index (χ0) is 11.6. The van der Waals surface area contributed by atoms with Crippen molar-refractivity contribution in [3.05, 3.63) is 23.8 Å². The second-order valence-corrected chi connectivity index (χ2v) is 4.96. The van der Waals surface area contributed by atoms with Crippen LogP contribution in [0.5, 0.6) is 0 Å². The van der Waals surface area contributed by atoms with Gasteiger partial charge in [-0.2, -0.15) is 0 Å². The van der Waals surface area contributed by atoms with Crippen LogP contribution in [0, 0.1) is 5.82 Å².